The van der Waals surface area contributed by atoms with E-state index in [1.165, 1.54) is 66.0 Å². The van der Waals surface area contributed by atoms with Crippen LogP contribution < -0.4 is 9.47 Å². The van der Waals surface area contributed by atoms with Crippen molar-refractivity contribution in [2.24, 2.45) is 11.8 Å². The molecule has 0 bridgehead atoms. The normalized spacial score (nSPS) is 17.5. The Kier molecular flexibility index (Phi) is 14.5. The number of hydrogen-bond donors (Lipinski definition) is 0. The van der Waals surface area contributed by atoms with Crippen LogP contribution in [0.2, 0.25) is 21.0 Å². The second-order valence-corrected chi connectivity index (χ2v) is 23.8. The van der Waals surface area contributed by atoms with E-state index >= 15 is 0 Å². The topological polar surface area (TPSA) is 61.3 Å². The first-order chi connectivity index (χ1) is 19.5. The van der Waals surface area contributed by atoms with Gasteiger partial charge in [0.1, 0.15) is 5.75 Å². The Labute approximate surface area is 246 Å². The van der Waals surface area contributed by atoms with E-state index in [2.05, 4.69) is 37.7 Å². The van der Waals surface area contributed by atoms with Crippen LogP contribution in [0.5, 0.6) is 11.5 Å². The summed E-state index contributed by atoms with van der Waals surface area (Å²) in [5.41, 5.74) is 0.894. The van der Waals surface area contributed by atoms with Crippen LogP contribution in [0.15, 0.2) is 36.7 Å². The van der Waals surface area contributed by atoms with Crippen molar-refractivity contribution < 1.29 is 14.3 Å². The molecule has 222 valence electrons. The van der Waals surface area contributed by atoms with Crippen LogP contribution in [0.25, 0.3) is 11.4 Å². The van der Waals surface area contributed by atoms with Gasteiger partial charge in [0.05, 0.1) is 5.92 Å². The van der Waals surface area contributed by atoms with Crippen LogP contribution in [-0.2, 0) is 4.79 Å². The fourth-order valence-electron chi connectivity index (χ4n) is 6.21. The van der Waals surface area contributed by atoms with Crippen molar-refractivity contribution in [1.29, 1.82) is 0 Å². The summed E-state index contributed by atoms with van der Waals surface area (Å²) in [5.74, 6) is 2.68. The Morgan fingerprint density at radius 3 is 2.08 bits per heavy atom. The van der Waals surface area contributed by atoms with Crippen molar-refractivity contribution in [2.75, 3.05) is 6.61 Å². The van der Waals surface area contributed by atoms with Gasteiger partial charge in [0.25, 0.3) is 0 Å². The summed E-state index contributed by atoms with van der Waals surface area (Å²) in [6.07, 6.45) is 17.9. The monoisotopic (exact) mass is 612 g/mol. The molecule has 2 aromatic rings. The van der Waals surface area contributed by atoms with Crippen LogP contribution in [0.1, 0.15) is 105 Å². The zero-order chi connectivity index (χ0) is 28.6. The third-order valence-electron chi connectivity index (χ3n) is 9.48. The van der Waals surface area contributed by atoms with Crippen LogP contribution in [-0.4, -0.2) is 35.8 Å². The molecule has 6 heteroatoms. The van der Waals surface area contributed by atoms with Gasteiger partial charge in [-0.1, -0.05) is 32.6 Å². The van der Waals surface area contributed by atoms with Crippen molar-refractivity contribution in [3.8, 4) is 22.9 Å². The number of carbonyl (C=O) groups is 1. The second-order valence-electron chi connectivity index (χ2n) is 12.0. The Morgan fingerprint density at radius 2 is 1.45 bits per heavy atom. The van der Waals surface area contributed by atoms with Gasteiger partial charge in [0, 0.05) is 0 Å². The van der Waals surface area contributed by atoms with Gasteiger partial charge in [-0.15, -0.1) is 0 Å². The molecule has 3 rings (SSSR count). The predicted molar refractivity (Wildman–Crippen MR) is 169 cm³/mol. The molecule has 0 saturated heterocycles. The third kappa shape index (κ3) is 10.5. The molecule has 1 aliphatic carbocycles. The van der Waals surface area contributed by atoms with Gasteiger partial charge in [0.2, 0.25) is 0 Å². The third-order valence-corrected chi connectivity index (χ3v) is 21.9. The minimum atomic E-state index is -1.50. The second kappa shape index (κ2) is 17.8. The van der Waals surface area contributed by atoms with Crippen molar-refractivity contribution in [1.82, 2.24) is 9.97 Å². The number of rotatable bonds is 18. The maximum Gasteiger partial charge on any atom is -0.0185 e. The van der Waals surface area contributed by atoms with E-state index in [1.54, 1.807) is 12.4 Å². The average Bonchev–Trinajstić information content (AvgIpc) is 3.00. The largest absolute Gasteiger partial charge is 0.0496 e. The van der Waals surface area contributed by atoms with Gasteiger partial charge in [-0.25, -0.2) is 0 Å². The predicted octanol–water partition coefficient (Wildman–Crippen LogP) is 9.88. The molecule has 0 unspecified atom stereocenters. The van der Waals surface area contributed by atoms with Crippen LogP contribution in [0.3, 0.4) is 0 Å². The summed E-state index contributed by atoms with van der Waals surface area (Å²) >= 11 is -1.50. The first-order valence-electron chi connectivity index (χ1n) is 16.3. The van der Waals surface area contributed by atoms with E-state index in [-0.39, 0.29) is 11.9 Å². The number of ether oxygens (including phenoxy) is 2. The summed E-state index contributed by atoms with van der Waals surface area (Å²) in [7, 11) is 0. The molecule has 1 heterocycles. The standard InChI is InChI=1S/C34H54GeN2O3/c1-5-9-12-15-28-16-18-30(19-17-28)34(38)40-31-22-20-29(21-23-31)33-36-26-32(27-37-33)39-25-14-11-10-13-24-35(6-2,7-3)8-4/h20-23,26-28,30H,5-19,24-25H2,1-4H3. The number of carbonyl (C=O) groups excluding carboxylic acids is 1. The minimum absolute atomic E-state index is 0.0304. The minimum Gasteiger partial charge on any atom is -0.0496 e. The smallest absolute Gasteiger partial charge is 0.0185 e. The van der Waals surface area contributed by atoms with Crippen LogP contribution in [0.4, 0.5) is 0 Å². The average molecular weight is 611 g/mol. The van der Waals surface area contributed by atoms with E-state index in [9.17, 15) is 4.79 Å². The van der Waals surface area contributed by atoms with E-state index in [1.807, 2.05) is 24.3 Å². The first kappa shape index (κ1) is 32.6. The SMILES string of the molecule is CCCCCC1CCC(C(=O)Oc2ccc(-c3ncc(OCCCCC[CH2][Ge]([CH2]C)([CH2]C)[CH2]C)cn3)cc2)CC1. The van der Waals surface area contributed by atoms with Crippen molar-refractivity contribution >= 4 is 19.2 Å². The van der Waals surface area contributed by atoms with Crippen LogP contribution >= 0.6 is 0 Å². The van der Waals surface area contributed by atoms with E-state index in [4.69, 9.17) is 9.47 Å². The number of benzene rings is 1. The number of hydrogen-bond acceptors (Lipinski definition) is 5. The molecule has 1 fully saturated rings. The van der Waals surface area contributed by atoms with Gasteiger partial charge >= 0.3 is 138 Å². The molecule has 0 radical (unpaired) electrons. The molecular weight excluding hydrogens is 557 g/mol. The Bertz CT molecular complexity index is 959. The molecule has 0 aliphatic heterocycles. The fraction of sp³-hybridized carbons (Fsp3) is 0.676. The Hall–Kier alpha value is -1.89. The van der Waals surface area contributed by atoms with E-state index in [0.717, 1.165) is 43.6 Å². The molecule has 1 aliphatic rings. The summed E-state index contributed by atoms with van der Waals surface area (Å²) < 4.78 is 11.6. The Balaban J connectivity index is 1.35. The van der Waals surface area contributed by atoms with Crippen molar-refractivity contribution in [3.63, 3.8) is 0 Å². The van der Waals surface area contributed by atoms with Gasteiger partial charge in [-0.05, 0) is 55.9 Å². The molecular formula is C34H54GeN2O3. The van der Waals surface area contributed by atoms with Crippen molar-refractivity contribution in [2.45, 2.75) is 126 Å². The number of unbranched alkanes of at least 4 members (excludes halogenated alkanes) is 5. The summed E-state index contributed by atoms with van der Waals surface area (Å²) in [6.45, 7) is 10.2. The maximum absolute atomic E-state index is 12.7. The zero-order valence-electron chi connectivity index (χ0n) is 25.8. The number of aromatic nitrogens is 2. The van der Waals surface area contributed by atoms with E-state index in [0.29, 0.717) is 23.9 Å². The molecule has 5 nitrogen and oxygen atoms in total. The first-order valence-corrected chi connectivity index (χ1v) is 22.2. The quantitative estimate of drug-likeness (QED) is 0.0727. The molecule has 0 amide bonds. The number of esters is 1. The summed E-state index contributed by atoms with van der Waals surface area (Å²) in [6, 6.07) is 7.51. The maximum atomic E-state index is 12.7. The molecule has 1 aromatic heterocycles. The van der Waals surface area contributed by atoms with Gasteiger partial charge < -0.3 is 4.74 Å². The van der Waals surface area contributed by atoms with Crippen LogP contribution in [0, 0.1) is 11.8 Å². The molecule has 0 spiro atoms. The molecule has 40 heavy (non-hydrogen) atoms. The molecule has 0 atom stereocenters. The summed E-state index contributed by atoms with van der Waals surface area (Å²) in [5, 5.41) is 5.96. The summed E-state index contributed by atoms with van der Waals surface area (Å²) in [4.78, 5) is 21.7. The van der Waals surface area contributed by atoms with Crippen molar-refractivity contribution in [3.05, 3.63) is 36.7 Å². The Morgan fingerprint density at radius 1 is 0.800 bits per heavy atom. The molecule has 1 aromatic carbocycles. The van der Waals surface area contributed by atoms with Gasteiger partial charge in [0.15, 0.2) is 0 Å². The number of nitrogens with zero attached hydrogens (tertiary/aromatic N) is 2. The molecule has 0 N–H and O–H groups in total. The van der Waals surface area contributed by atoms with Gasteiger partial charge in [-0.3, -0.25) is 4.79 Å². The fourth-order valence-corrected chi connectivity index (χ4v) is 13.7. The van der Waals surface area contributed by atoms with Gasteiger partial charge in [-0.2, -0.15) is 0 Å². The molecule has 1 saturated carbocycles. The zero-order valence-corrected chi connectivity index (χ0v) is 27.9. The van der Waals surface area contributed by atoms with E-state index < -0.39 is 13.3 Å².